The Morgan fingerprint density at radius 3 is 2.71 bits per heavy atom. The van der Waals surface area contributed by atoms with E-state index in [2.05, 4.69) is 64.0 Å². The van der Waals surface area contributed by atoms with E-state index in [9.17, 15) is 0 Å². The van der Waals surface area contributed by atoms with E-state index in [0.717, 1.165) is 50.2 Å². The van der Waals surface area contributed by atoms with E-state index < -0.39 is 0 Å². The summed E-state index contributed by atoms with van der Waals surface area (Å²) in [4.78, 5) is 2.36. The van der Waals surface area contributed by atoms with E-state index in [0.29, 0.717) is 0 Å². The summed E-state index contributed by atoms with van der Waals surface area (Å²) in [7, 11) is 2.10. The van der Waals surface area contributed by atoms with Crippen molar-refractivity contribution in [3.05, 3.63) is 41.7 Å². The van der Waals surface area contributed by atoms with Gasteiger partial charge >= 0.3 is 0 Å². The molecule has 128 valence electrons. The molecule has 0 unspecified atom stereocenters. The van der Waals surface area contributed by atoms with E-state index >= 15 is 0 Å². The van der Waals surface area contributed by atoms with Crippen LogP contribution in [0.4, 0.5) is 5.95 Å². The molecule has 4 rings (SSSR count). The van der Waals surface area contributed by atoms with Gasteiger partial charge in [-0.1, -0.05) is 37.3 Å². The Labute approximate surface area is 143 Å². The Morgan fingerprint density at radius 1 is 1.12 bits per heavy atom. The molecule has 5 heteroatoms. The monoisotopic (exact) mass is 326 g/mol. The standard InChI is InChI=1S/C19H26N4O/c1-14-10-11-23(13-14)19-21-20-18(22(19)2)16-9-6-12-24-17(16)15-7-4-3-5-8-15/h3-5,7-8,14,16-17H,6,9-13H2,1-2H3/t14-,16-,17+/m1/s1. The van der Waals surface area contributed by atoms with Crippen LogP contribution in [0.2, 0.25) is 0 Å². The van der Waals surface area contributed by atoms with Gasteiger partial charge in [-0.25, -0.2) is 0 Å². The fraction of sp³-hybridized carbons (Fsp3) is 0.579. The first-order chi connectivity index (χ1) is 11.7. The van der Waals surface area contributed by atoms with Crippen molar-refractivity contribution in [3.63, 3.8) is 0 Å². The van der Waals surface area contributed by atoms with E-state index in [4.69, 9.17) is 4.74 Å². The molecule has 1 aromatic heterocycles. The highest BCUT2D eigenvalue weighted by Gasteiger charge is 2.34. The van der Waals surface area contributed by atoms with Gasteiger partial charge in [0, 0.05) is 32.7 Å². The van der Waals surface area contributed by atoms with Crippen LogP contribution in [0.15, 0.2) is 30.3 Å². The SMILES string of the molecule is C[C@@H]1CCN(c2nnc([C@@H]3CCCO[C@H]3c3ccccc3)n2C)C1. The normalized spacial score (nSPS) is 27.6. The molecule has 0 saturated carbocycles. The largest absolute Gasteiger partial charge is 0.373 e. The third-order valence-electron chi connectivity index (χ3n) is 5.37. The quantitative estimate of drug-likeness (QED) is 0.868. The molecule has 0 radical (unpaired) electrons. The third kappa shape index (κ3) is 2.81. The molecule has 0 N–H and O–H groups in total. The van der Waals surface area contributed by atoms with Crippen molar-refractivity contribution in [2.24, 2.45) is 13.0 Å². The van der Waals surface area contributed by atoms with Gasteiger partial charge in [-0.05, 0) is 30.7 Å². The molecule has 2 aliphatic rings. The molecule has 0 aliphatic carbocycles. The van der Waals surface area contributed by atoms with E-state index in [1.54, 1.807) is 0 Å². The van der Waals surface area contributed by atoms with Crippen LogP contribution in [0.25, 0.3) is 0 Å². The molecule has 3 atom stereocenters. The predicted molar refractivity (Wildman–Crippen MR) is 94.1 cm³/mol. The van der Waals surface area contributed by atoms with E-state index in [-0.39, 0.29) is 12.0 Å². The Kier molecular flexibility index (Phi) is 4.27. The molecule has 0 spiro atoms. The zero-order valence-corrected chi connectivity index (χ0v) is 14.6. The second-order valence-corrected chi connectivity index (χ2v) is 7.21. The lowest BCUT2D eigenvalue weighted by Gasteiger charge is -2.31. The molecule has 24 heavy (non-hydrogen) atoms. The fourth-order valence-corrected chi connectivity index (χ4v) is 4.06. The minimum absolute atomic E-state index is 0.0770. The van der Waals surface area contributed by atoms with Gasteiger partial charge in [-0.3, -0.25) is 0 Å². The minimum Gasteiger partial charge on any atom is -0.373 e. The highest BCUT2D eigenvalue weighted by atomic mass is 16.5. The summed E-state index contributed by atoms with van der Waals surface area (Å²) in [6.07, 6.45) is 3.49. The second-order valence-electron chi connectivity index (χ2n) is 7.21. The average Bonchev–Trinajstić information content (AvgIpc) is 3.21. The molecule has 2 aromatic rings. The van der Waals surface area contributed by atoms with Crippen molar-refractivity contribution in [3.8, 4) is 0 Å². The summed E-state index contributed by atoms with van der Waals surface area (Å²) in [6, 6.07) is 10.5. The maximum atomic E-state index is 6.14. The maximum absolute atomic E-state index is 6.14. The molecular formula is C19H26N4O. The fourth-order valence-electron chi connectivity index (χ4n) is 4.06. The van der Waals surface area contributed by atoms with Crippen LogP contribution in [0.3, 0.4) is 0 Å². The van der Waals surface area contributed by atoms with E-state index in [1.807, 2.05) is 0 Å². The van der Waals surface area contributed by atoms with Gasteiger partial charge in [-0.15, -0.1) is 10.2 Å². The molecule has 2 saturated heterocycles. The zero-order chi connectivity index (χ0) is 16.5. The van der Waals surface area contributed by atoms with Crippen LogP contribution < -0.4 is 4.90 Å². The van der Waals surface area contributed by atoms with Crippen molar-refractivity contribution >= 4 is 5.95 Å². The smallest absolute Gasteiger partial charge is 0.226 e. The maximum Gasteiger partial charge on any atom is 0.226 e. The number of ether oxygens (including phenoxy) is 1. The van der Waals surface area contributed by atoms with Crippen LogP contribution in [0.1, 0.15) is 49.6 Å². The Balaban J connectivity index is 1.63. The van der Waals surface area contributed by atoms with Crippen molar-refractivity contribution in [1.82, 2.24) is 14.8 Å². The molecule has 0 amide bonds. The first kappa shape index (κ1) is 15.6. The lowest BCUT2D eigenvalue weighted by Crippen LogP contribution is -2.25. The predicted octanol–water partition coefficient (Wildman–Crippen LogP) is 3.30. The number of rotatable bonds is 3. The Morgan fingerprint density at radius 2 is 1.96 bits per heavy atom. The van der Waals surface area contributed by atoms with Gasteiger partial charge in [0.25, 0.3) is 0 Å². The summed E-state index contributed by atoms with van der Waals surface area (Å²) in [5.41, 5.74) is 1.24. The molecule has 2 aliphatic heterocycles. The summed E-state index contributed by atoms with van der Waals surface area (Å²) in [5.74, 6) is 3.07. The second kappa shape index (κ2) is 6.55. The Hall–Kier alpha value is -1.88. The summed E-state index contributed by atoms with van der Waals surface area (Å²) >= 11 is 0. The van der Waals surface area contributed by atoms with Gasteiger partial charge in [0.15, 0.2) is 0 Å². The van der Waals surface area contributed by atoms with Gasteiger partial charge in [0.1, 0.15) is 5.82 Å². The van der Waals surface area contributed by atoms with Gasteiger partial charge < -0.3 is 14.2 Å². The molecule has 2 fully saturated rings. The number of aromatic nitrogens is 3. The number of anilines is 1. The van der Waals surface area contributed by atoms with Crippen molar-refractivity contribution in [2.75, 3.05) is 24.6 Å². The highest BCUT2D eigenvalue weighted by Crippen LogP contribution is 2.40. The van der Waals surface area contributed by atoms with Crippen LogP contribution >= 0.6 is 0 Å². The topological polar surface area (TPSA) is 43.2 Å². The van der Waals surface area contributed by atoms with Crippen molar-refractivity contribution in [1.29, 1.82) is 0 Å². The molecule has 1 aromatic carbocycles. The first-order valence-electron chi connectivity index (χ1n) is 9.05. The van der Waals surface area contributed by atoms with Gasteiger partial charge in [0.2, 0.25) is 5.95 Å². The lowest BCUT2D eigenvalue weighted by molar-refractivity contribution is -0.00518. The number of benzene rings is 1. The van der Waals surface area contributed by atoms with E-state index in [1.165, 1.54) is 12.0 Å². The van der Waals surface area contributed by atoms with Crippen LogP contribution in [0, 0.1) is 5.92 Å². The molecule has 3 heterocycles. The van der Waals surface area contributed by atoms with Crippen LogP contribution in [-0.4, -0.2) is 34.5 Å². The number of hydrogen-bond acceptors (Lipinski definition) is 4. The van der Waals surface area contributed by atoms with Crippen LogP contribution in [-0.2, 0) is 11.8 Å². The summed E-state index contributed by atoms with van der Waals surface area (Å²) in [6.45, 7) is 5.29. The van der Waals surface area contributed by atoms with Crippen molar-refractivity contribution in [2.45, 2.75) is 38.2 Å². The van der Waals surface area contributed by atoms with Crippen LogP contribution in [0.5, 0.6) is 0 Å². The molecule has 5 nitrogen and oxygen atoms in total. The molecule has 0 bridgehead atoms. The van der Waals surface area contributed by atoms with Crippen molar-refractivity contribution < 1.29 is 4.74 Å². The summed E-state index contributed by atoms with van der Waals surface area (Å²) < 4.78 is 8.33. The first-order valence-corrected chi connectivity index (χ1v) is 9.05. The van der Waals surface area contributed by atoms with Gasteiger partial charge in [0.05, 0.1) is 6.10 Å². The van der Waals surface area contributed by atoms with Gasteiger partial charge in [-0.2, -0.15) is 0 Å². The minimum atomic E-state index is 0.0770. The number of nitrogens with zero attached hydrogens (tertiary/aromatic N) is 4. The third-order valence-corrected chi connectivity index (χ3v) is 5.37. The summed E-state index contributed by atoms with van der Waals surface area (Å²) in [5, 5.41) is 9.09. The molecular weight excluding hydrogens is 300 g/mol. The highest BCUT2D eigenvalue weighted by molar-refractivity contribution is 5.34. The Bertz CT molecular complexity index is 684. The average molecular weight is 326 g/mol. The zero-order valence-electron chi connectivity index (χ0n) is 14.6. The lowest BCUT2D eigenvalue weighted by atomic mass is 9.89. The number of hydrogen-bond donors (Lipinski definition) is 0.